The van der Waals surface area contributed by atoms with Gasteiger partial charge in [-0.25, -0.2) is 26.3 Å². The number of rotatable bonds is 12. The van der Waals surface area contributed by atoms with Crippen molar-refractivity contribution in [3.8, 4) is 0 Å². The summed E-state index contributed by atoms with van der Waals surface area (Å²) in [5.74, 6) is -0.854. The van der Waals surface area contributed by atoms with Gasteiger partial charge in [-0.2, -0.15) is 0 Å². The minimum atomic E-state index is -3.94. The molecular weight excluding hydrogens is 633 g/mol. The first-order valence-electron chi connectivity index (χ1n) is 14.2. The minimum Gasteiger partial charge on any atom is -0.395 e. The highest BCUT2D eigenvalue weighted by atomic mass is 32.2. The molecule has 0 atom stereocenters. The number of aliphatic hydroxyl groups excluding tert-OH is 2. The number of aliphatic hydroxyl groups is 2. The molecule has 6 N–H and O–H groups in total. The predicted molar refractivity (Wildman–Crippen MR) is 173 cm³/mol. The third kappa shape index (κ3) is 6.44. The highest BCUT2D eigenvalue weighted by Crippen LogP contribution is 2.39. The molecular formula is C32H32N4O8S2. The Hall–Kier alpha value is -4.44. The second-order valence-electron chi connectivity index (χ2n) is 10.6. The molecule has 4 aromatic rings. The molecule has 1 aliphatic carbocycles. The summed E-state index contributed by atoms with van der Waals surface area (Å²) in [5.41, 5.74) is 3.13. The highest BCUT2D eigenvalue weighted by Gasteiger charge is 2.34. The summed E-state index contributed by atoms with van der Waals surface area (Å²) in [5, 5.41) is 24.4. The Morgan fingerprint density at radius 3 is 1.33 bits per heavy atom. The lowest BCUT2D eigenvalue weighted by molar-refractivity contribution is 0.0980. The van der Waals surface area contributed by atoms with Gasteiger partial charge < -0.3 is 20.8 Å². The molecule has 0 bridgehead atoms. The van der Waals surface area contributed by atoms with Gasteiger partial charge in [-0.05, 0) is 61.4 Å². The second kappa shape index (κ2) is 13.1. The number of aryl methyl sites for hydroxylation is 2. The average molecular weight is 665 g/mol. The molecule has 1 aliphatic rings. The Bertz CT molecular complexity index is 1930. The number of hydrogen-bond donors (Lipinski definition) is 6. The number of anilines is 4. The van der Waals surface area contributed by atoms with E-state index in [0.29, 0.717) is 22.5 Å². The standard InChI is InChI=1S/C32H32N4O8S2/c1-19-7-9-21(45(41,42)33-13-15-37)17-27(19)35-25-11-12-26(30-29(25)31(39)23-5-3-4-6-24(23)32(30)40)36-28-18-22(10-8-20(28)2)46(43,44)34-14-16-38/h3-12,17-18,33-38H,13-16H2,1-2H3. The largest absolute Gasteiger partial charge is 0.395 e. The van der Waals surface area contributed by atoms with E-state index < -0.39 is 31.6 Å². The zero-order valence-corrected chi connectivity index (χ0v) is 26.6. The first-order valence-corrected chi connectivity index (χ1v) is 17.2. The molecule has 0 saturated heterocycles. The molecule has 0 aromatic heterocycles. The number of nitrogens with one attached hydrogen (secondary N) is 4. The summed E-state index contributed by atoms with van der Waals surface area (Å²) < 4.78 is 55.6. The number of benzene rings is 4. The molecule has 5 rings (SSSR count). The van der Waals surface area contributed by atoms with E-state index in [0.717, 1.165) is 0 Å². The normalized spacial score (nSPS) is 12.9. The minimum absolute atomic E-state index is 0.0609. The van der Waals surface area contributed by atoms with Crippen molar-refractivity contribution in [3.63, 3.8) is 0 Å². The third-order valence-electron chi connectivity index (χ3n) is 7.46. The van der Waals surface area contributed by atoms with Crippen LogP contribution in [0.15, 0.2) is 82.6 Å². The van der Waals surface area contributed by atoms with Crippen molar-refractivity contribution in [1.29, 1.82) is 0 Å². The molecule has 0 spiro atoms. The molecule has 0 unspecified atom stereocenters. The van der Waals surface area contributed by atoms with Crippen LogP contribution in [-0.4, -0.2) is 64.9 Å². The van der Waals surface area contributed by atoms with Gasteiger partial charge in [0.05, 0.1) is 45.5 Å². The topological polar surface area (TPSA) is 191 Å². The fraction of sp³-hybridized carbons (Fsp3) is 0.188. The maximum atomic E-state index is 14.0. The number of carbonyl (C=O) groups excluding carboxylic acids is 2. The van der Waals surface area contributed by atoms with E-state index in [1.54, 1.807) is 62.4 Å². The van der Waals surface area contributed by atoms with Crippen LogP contribution in [0, 0.1) is 13.8 Å². The van der Waals surface area contributed by atoms with Gasteiger partial charge >= 0.3 is 0 Å². The van der Waals surface area contributed by atoms with E-state index in [4.69, 9.17) is 10.2 Å². The molecule has 0 aliphatic heterocycles. The Labute approximate surface area is 266 Å². The molecule has 0 amide bonds. The van der Waals surface area contributed by atoms with Gasteiger partial charge in [-0.3, -0.25) is 9.59 Å². The highest BCUT2D eigenvalue weighted by molar-refractivity contribution is 7.89. The summed E-state index contributed by atoms with van der Waals surface area (Å²) in [7, 11) is -7.87. The van der Waals surface area contributed by atoms with E-state index in [1.165, 1.54) is 24.3 Å². The van der Waals surface area contributed by atoms with Crippen LogP contribution >= 0.6 is 0 Å². The Morgan fingerprint density at radius 2 is 0.957 bits per heavy atom. The van der Waals surface area contributed by atoms with E-state index in [1.807, 2.05) is 0 Å². The zero-order chi connectivity index (χ0) is 33.2. The van der Waals surface area contributed by atoms with Crippen molar-refractivity contribution in [2.75, 3.05) is 36.9 Å². The van der Waals surface area contributed by atoms with Crippen molar-refractivity contribution < 1.29 is 36.6 Å². The van der Waals surface area contributed by atoms with Crippen molar-refractivity contribution in [3.05, 3.63) is 106 Å². The quantitative estimate of drug-likeness (QED) is 0.116. The van der Waals surface area contributed by atoms with Crippen LogP contribution in [-0.2, 0) is 20.0 Å². The summed E-state index contributed by atoms with van der Waals surface area (Å²) >= 11 is 0. The monoisotopic (exact) mass is 664 g/mol. The van der Waals surface area contributed by atoms with Crippen LogP contribution < -0.4 is 20.1 Å². The van der Waals surface area contributed by atoms with E-state index in [9.17, 15) is 26.4 Å². The van der Waals surface area contributed by atoms with Gasteiger partial charge in [0.25, 0.3) is 0 Å². The molecule has 46 heavy (non-hydrogen) atoms. The number of sulfonamides is 2. The zero-order valence-electron chi connectivity index (χ0n) is 24.9. The molecule has 0 radical (unpaired) electrons. The lowest BCUT2D eigenvalue weighted by atomic mass is 9.82. The van der Waals surface area contributed by atoms with Crippen LogP contribution in [0.1, 0.15) is 43.0 Å². The molecule has 0 fully saturated rings. The third-order valence-corrected chi connectivity index (χ3v) is 10.4. The van der Waals surface area contributed by atoms with Crippen LogP contribution in [0.3, 0.4) is 0 Å². The molecule has 12 nitrogen and oxygen atoms in total. The Balaban J connectivity index is 1.62. The average Bonchev–Trinajstić information content (AvgIpc) is 3.04. The summed E-state index contributed by atoms with van der Waals surface area (Å²) in [6.07, 6.45) is 0. The smallest absolute Gasteiger partial charge is 0.240 e. The van der Waals surface area contributed by atoms with Gasteiger partial charge in [0.2, 0.25) is 20.0 Å². The number of hydrogen-bond acceptors (Lipinski definition) is 10. The van der Waals surface area contributed by atoms with Crippen LogP contribution in [0.5, 0.6) is 0 Å². The maximum absolute atomic E-state index is 14.0. The van der Waals surface area contributed by atoms with Crippen LogP contribution in [0.4, 0.5) is 22.7 Å². The van der Waals surface area contributed by atoms with Gasteiger partial charge in [0.1, 0.15) is 0 Å². The molecule has 0 heterocycles. The first-order chi connectivity index (χ1) is 21.9. The fourth-order valence-corrected chi connectivity index (χ4v) is 7.15. The van der Waals surface area contributed by atoms with Gasteiger partial charge in [-0.15, -0.1) is 0 Å². The molecule has 14 heteroatoms. The fourth-order valence-electron chi connectivity index (χ4n) is 5.05. The van der Waals surface area contributed by atoms with Crippen molar-refractivity contribution in [2.24, 2.45) is 0 Å². The SMILES string of the molecule is Cc1ccc(S(=O)(=O)NCCO)cc1Nc1ccc(Nc2cc(S(=O)(=O)NCCO)ccc2C)c2c1C(=O)c1ccccc1C2=O. The Morgan fingerprint density at radius 1 is 0.565 bits per heavy atom. The Kier molecular flexibility index (Phi) is 9.39. The summed E-state index contributed by atoms with van der Waals surface area (Å²) in [6, 6.07) is 18.4. The number of carbonyl (C=O) groups is 2. The van der Waals surface area contributed by atoms with E-state index in [2.05, 4.69) is 20.1 Å². The lowest BCUT2D eigenvalue weighted by Gasteiger charge is -2.25. The molecule has 4 aromatic carbocycles. The lowest BCUT2D eigenvalue weighted by Crippen LogP contribution is -2.26. The van der Waals surface area contributed by atoms with Crippen molar-refractivity contribution in [1.82, 2.24) is 9.44 Å². The van der Waals surface area contributed by atoms with E-state index in [-0.39, 0.29) is 69.7 Å². The predicted octanol–water partition coefficient (Wildman–Crippen LogP) is 3.11. The van der Waals surface area contributed by atoms with Crippen molar-refractivity contribution in [2.45, 2.75) is 23.6 Å². The number of fused-ring (bicyclic) bond motifs is 2. The maximum Gasteiger partial charge on any atom is 0.240 e. The number of ketones is 2. The molecule has 0 saturated carbocycles. The van der Waals surface area contributed by atoms with Crippen LogP contribution in [0.25, 0.3) is 0 Å². The van der Waals surface area contributed by atoms with E-state index >= 15 is 0 Å². The first kappa shape index (κ1) is 32.9. The van der Waals surface area contributed by atoms with Gasteiger partial charge in [0.15, 0.2) is 11.6 Å². The van der Waals surface area contributed by atoms with Gasteiger partial charge in [0, 0.05) is 35.6 Å². The second-order valence-corrected chi connectivity index (χ2v) is 14.1. The summed E-state index contributed by atoms with van der Waals surface area (Å²) in [4.78, 5) is 27.9. The van der Waals surface area contributed by atoms with Gasteiger partial charge in [-0.1, -0.05) is 36.4 Å². The molecule has 240 valence electrons. The van der Waals surface area contributed by atoms with Crippen LogP contribution in [0.2, 0.25) is 0 Å². The van der Waals surface area contributed by atoms with Crippen molar-refractivity contribution >= 4 is 54.4 Å². The summed E-state index contributed by atoms with van der Waals surface area (Å²) in [6.45, 7) is 2.43.